The molecule has 18 heteroatoms. The monoisotopic (exact) mass is 766 g/mol. The topological polar surface area (TPSA) is 200 Å². The summed E-state index contributed by atoms with van der Waals surface area (Å²) in [6.07, 6.45) is -4.05. The first-order chi connectivity index (χ1) is 22.5. The highest BCUT2D eigenvalue weighted by Crippen LogP contribution is 2.30. The van der Waals surface area contributed by atoms with Crippen LogP contribution in [0.1, 0.15) is 101 Å². The van der Waals surface area contributed by atoms with E-state index < -0.39 is 86.6 Å². The van der Waals surface area contributed by atoms with Crippen molar-refractivity contribution in [3.05, 3.63) is 35.7 Å². The Morgan fingerprint density at radius 2 is 1.06 bits per heavy atom. The van der Waals surface area contributed by atoms with Crippen LogP contribution in [0, 0.1) is 10.8 Å². The summed E-state index contributed by atoms with van der Waals surface area (Å²) in [5.74, 6) is -3.79. The quantitative estimate of drug-likeness (QED) is 0.307. The number of carbonyl (C=O) groups is 4. The Hall–Kier alpha value is -3.67. The highest BCUT2D eigenvalue weighted by Gasteiger charge is 2.45. The third-order valence-corrected chi connectivity index (χ3v) is 12.6. The summed E-state index contributed by atoms with van der Waals surface area (Å²) in [6.45, 7) is 20.2. The second-order valence-corrected chi connectivity index (χ2v) is 21.1. The van der Waals surface area contributed by atoms with Crippen LogP contribution in [0.25, 0.3) is 0 Å². The van der Waals surface area contributed by atoms with Crippen molar-refractivity contribution in [2.24, 2.45) is 10.8 Å². The van der Waals surface area contributed by atoms with Crippen LogP contribution in [-0.2, 0) is 50.4 Å². The molecule has 0 aliphatic carbocycles. The average molecular weight is 767 g/mol. The molecule has 0 saturated carbocycles. The van der Waals surface area contributed by atoms with Crippen LogP contribution in [0.15, 0.2) is 28.9 Å². The van der Waals surface area contributed by atoms with Gasteiger partial charge in [-0.3, -0.25) is 19.2 Å². The van der Waals surface area contributed by atoms with Gasteiger partial charge in [-0.15, -0.1) is 0 Å². The van der Waals surface area contributed by atoms with Gasteiger partial charge in [-0.05, 0) is 39.8 Å². The van der Waals surface area contributed by atoms with E-state index in [1.807, 2.05) is 20.8 Å². The zero-order valence-electron chi connectivity index (χ0n) is 31.2. The lowest BCUT2D eigenvalue weighted by Crippen LogP contribution is -2.48. The number of ketones is 2. The van der Waals surface area contributed by atoms with Crippen molar-refractivity contribution >= 4 is 54.7 Å². The van der Waals surface area contributed by atoms with Gasteiger partial charge in [0, 0.05) is 28.5 Å². The fourth-order valence-electron chi connectivity index (χ4n) is 3.28. The Bertz CT molecular complexity index is 1830. The Morgan fingerprint density at radius 3 is 1.35 bits per heavy atom. The number of hydrogen-bond acceptors (Lipinski definition) is 11. The number of rotatable bonds is 10. The summed E-state index contributed by atoms with van der Waals surface area (Å²) in [7, 11) is -8.17. The van der Waals surface area contributed by atoms with E-state index in [9.17, 15) is 49.2 Å². The summed E-state index contributed by atoms with van der Waals surface area (Å²) >= 11 is 0. The van der Waals surface area contributed by atoms with Crippen molar-refractivity contribution in [3.63, 3.8) is 0 Å². The van der Waals surface area contributed by atoms with Gasteiger partial charge in [0.1, 0.15) is 32.6 Å². The Morgan fingerprint density at radius 1 is 0.667 bits per heavy atom. The van der Waals surface area contributed by atoms with Crippen molar-refractivity contribution in [3.8, 4) is 0 Å². The van der Waals surface area contributed by atoms with Gasteiger partial charge in [0.05, 0.1) is 5.56 Å². The normalized spacial score (nSPS) is 13.5. The molecule has 13 nitrogen and oxygen atoms in total. The first-order valence-electron chi connectivity index (χ1n) is 15.6. The Labute approximate surface area is 297 Å². The average Bonchev–Trinajstić information content (AvgIpc) is 3.40. The fraction of sp³-hybridized carbons (Fsp3) is 0.636. The molecular formula is C33H49F3N4O9S2. The van der Waals surface area contributed by atoms with Gasteiger partial charge in [-0.1, -0.05) is 67.5 Å². The number of amides is 2. The lowest BCUT2D eigenvalue weighted by molar-refractivity contribution is -0.137. The SMILES string of the molecule is CC(C)(C)C(=O)CS(=O)(=O)C(C)(C)C(=O)Nc1cc(C(C)(C)C)on1.CC(C)(C)C(=O)CS(=O)(=O)C(C)(C)C(=O)Nc1ccc(C(F)(F)F)cn1. The number of alkyl halides is 3. The molecule has 0 bridgehead atoms. The third-order valence-electron chi connectivity index (χ3n) is 7.79. The van der Waals surface area contributed by atoms with E-state index in [0.29, 0.717) is 18.0 Å². The number of nitrogens with zero attached hydrogens (tertiary/aromatic N) is 2. The fourth-order valence-corrected chi connectivity index (χ4v) is 6.22. The van der Waals surface area contributed by atoms with Crippen molar-refractivity contribution in [1.82, 2.24) is 10.1 Å². The smallest absolute Gasteiger partial charge is 0.359 e. The molecule has 2 aromatic rings. The predicted octanol–water partition coefficient (Wildman–Crippen LogP) is 5.57. The zero-order chi connectivity index (χ0) is 40.4. The van der Waals surface area contributed by atoms with Crippen molar-refractivity contribution < 1.29 is 53.7 Å². The summed E-state index contributed by atoms with van der Waals surface area (Å²) < 4.78 is 89.0. The maximum absolute atomic E-state index is 12.6. The van der Waals surface area contributed by atoms with Gasteiger partial charge in [-0.2, -0.15) is 13.2 Å². The van der Waals surface area contributed by atoms with Crippen LogP contribution in [0.3, 0.4) is 0 Å². The maximum atomic E-state index is 12.6. The minimum Gasteiger partial charge on any atom is -0.359 e. The van der Waals surface area contributed by atoms with Crippen LogP contribution in [0.2, 0.25) is 0 Å². The molecule has 51 heavy (non-hydrogen) atoms. The molecule has 0 fully saturated rings. The van der Waals surface area contributed by atoms with E-state index in [1.54, 1.807) is 47.6 Å². The molecule has 0 aliphatic rings. The van der Waals surface area contributed by atoms with E-state index in [0.717, 1.165) is 19.9 Å². The molecule has 2 heterocycles. The maximum Gasteiger partial charge on any atom is 0.417 e. The minimum absolute atomic E-state index is 0.139. The highest BCUT2D eigenvalue weighted by molar-refractivity contribution is 7.94. The first-order valence-corrected chi connectivity index (χ1v) is 18.9. The van der Waals surface area contributed by atoms with E-state index >= 15 is 0 Å². The molecular weight excluding hydrogens is 718 g/mol. The highest BCUT2D eigenvalue weighted by atomic mass is 32.2. The lowest BCUT2D eigenvalue weighted by Gasteiger charge is -2.25. The van der Waals surface area contributed by atoms with Gasteiger partial charge in [-0.25, -0.2) is 21.8 Å². The zero-order valence-corrected chi connectivity index (χ0v) is 32.9. The predicted molar refractivity (Wildman–Crippen MR) is 186 cm³/mol. The number of hydrogen-bond donors (Lipinski definition) is 2. The molecule has 0 aliphatic heterocycles. The number of nitrogens with one attached hydrogen (secondary N) is 2. The van der Waals surface area contributed by atoms with E-state index in [4.69, 9.17) is 4.52 Å². The van der Waals surface area contributed by atoms with E-state index in [2.05, 4.69) is 20.8 Å². The largest absolute Gasteiger partial charge is 0.417 e. The number of carbonyl (C=O) groups excluding carboxylic acids is 4. The van der Waals surface area contributed by atoms with Crippen LogP contribution in [0.5, 0.6) is 0 Å². The molecule has 2 rings (SSSR count). The summed E-state index contributed by atoms with van der Waals surface area (Å²) in [4.78, 5) is 52.4. The second-order valence-electron chi connectivity index (χ2n) is 16.0. The number of pyridine rings is 1. The molecule has 0 unspecified atom stereocenters. The molecule has 2 aromatic heterocycles. The summed E-state index contributed by atoms with van der Waals surface area (Å²) in [5, 5.41) is 8.38. The Kier molecular flexibility index (Phi) is 13.5. The van der Waals surface area contributed by atoms with Crippen molar-refractivity contribution in [2.45, 2.75) is 111 Å². The number of sulfone groups is 2. The molecule has 0 atom stereocenters. The second kappa shape index (κ2) is 15.1. The number of Topliss-reactive ketones (excluding diaryl/α,β-unsaturated/α-hetero) is 2. The molecule has 0 aromatic carbocycles. The van der Waals surface area contributed by atoms with Crippen LogP contribution in [-0.4, -0.2) is 71.4 Å². The summed E-state index contributed by atoms with van der Waals surface area (Å²) in [6, 6.07) is 3.19. The first kappa shape index (κ1) is 45.4. The molecule has 0 spiro atoms. The van der Waals surface area contributed by atoms with Gasteiger partial charge in [0.2, 0.25) is 11.8 Å². The van der Waals surface area contributed by atoms with Crippen LogP contribution >= 0.6 is 0 Å². The van der Waals surface area contributed by atoms with Crippen LogP contribution < -0.4 is 10.6 Å². The molecule has 2 amide bonds. The number of halogens is 3. The Balaban J connectivity index is 0.000000510. The molecule has 0 saturated heterocycles. The van der Waals surface area contributed by atoms with Gasteiger partial charge in [0.25, 0.3) is 0 Å². The summed E-state index contributed by atoms with van der Waals surface area (Å²) in [5.41, 5.74) is -2.99. The number of aromatic nitrogens is 2. The molecule has 288 valence electrons. The third kappa shape index (κ3) is 11.9. The van der Waals surface area contributed by atoms with Gasteiger partial charge < -0.3 is 15.2 Å². The van der Waals surface area contributed by atoms with Gasteiger partial charge >= 0.3 is 6.18 Å². The van der Waals surface area contributed by atoms with Crippen molar-refractivity contribution in [2.75, 3.05) is 22.1 Å². The van der Waals surface area contributed by atoms with E-state index in [1.165, 1.54) is 13.8 Å². The van der Waals surface area contributed by atoms with Gasteiger partial charge in [0.15, 0.2) is 37.1 Å². The van der Waals surface area contributed by atoms with Crippen LogP contribution in [0.4, 0.5) is 24.8 Å². The number of anilines is 2. The standard InChI is InChI=1S/C17H28N2O5S.C16H21F3N2O4S/c1-15(2,3)11(20)10-25(22,23)17(7,8)14(21)18-13-9-12(24-19-13)16(4,5)6;1-14(2,3)11(22)9-26(24,25)15(4,5)13(23)21-12-7-6-10(8-20-12)16(17,18)19/h9H,10H2,1-8H3,(H,18,19,21);6-8H,9H2,1-5H3,(H,20,21,23). The minimum atomic E-state index is -4.58. The lowest BCUT2D eigenvalue weighted by atomic mass is 9.92. The molecule has 0 radical (unpaired) electrons. The van der Waals surface area contributed by atoms with E-state index in [-0.39, 0.29) is 17.1 Å². The van der Waals surface area contributed by atoms with Crippen molar-refractivity contribution in [1.29, 1.82) is 0 Å². The molecule has 2 N–H and O–H groups in total.